The third-order valence-corrected chi connectivity index (χ3v) is 14.9. The first-order chi connectivity index (χ1) is 28.7. The van der Waals surface area contributed by atoms with Gasteiger partial charge in [0.1, 0.15) is 29.7 Å². The van der Waals surface area contributed by atoms with Gasteiger partial charge < -0.3 is 29.3 Å². The Kier molecular flexibility index (Phi) is 8.92. The number of hydrogen-bond acceptors (Lipinski definition) is 9. The molecule has 3 amide bonds. The van der Waals surface area contributed by atoms with Crippen LogP contribution in [-0.2, 0) is 27.3 Å². The second kappa shape index (κ2) is 14.3. The van der Waals surface area contributed by atoms with Crippen molar-refractivity contribution in [3.8, 4) is 11.5 Å². The van der Waals surface area contributed by atoms with Gasteiger partial charge in [-0.25, -0.2) is 0 Å². The van der Waals surface area contributed by atoms with Crippen molar-refractivity contribution in [1.82, 2.24) is 20.0 Å². The molecule has 11 heteroatoms. The zero-order chi connectivity index (χ0) is 40.0. The Morgan fingerprint density at radius 2 is 1.81 bits per heavy atom. The third-order valence-electron chi connectivity index (χ3n) is 14.9. The lowest BCUT2D eigenvalue weighted by atomic mass is 9.63. The zero-order valence-corrected chi connectivity index (χ0v) is 33.7. The smallest absolute Gasteiger partial charge is 0.255 e. The highest BCUT2D eigenvalue weighted by atomic mass is 16.5. The molecule has 4 saturated heterocycles. The Balaban J connectivity index is 0.702. The van der Waals surface area contributed by atoms with E-state index in [0.29, 0.717) is 60.5 Å². The van der Waals surface area contributed by atoms with Crippen molar-refractivity contribution >= 4 is 23.4 Å². The highest BCUT2D eigenvalue weighted by Gasteiger charge is 2.51. The molecule has 0 aromatic heterocycles. The number of phenols is 1. The molecule has 3 aromatic carbocycles. The molecule has 0 saturated carbocycles. The molecule has 2 unspecified atom stereocenters. The van der Waals surface area contributed by atoms with Crippen molar-refractivity contribution in [2.45, 2.75) is 75.1 Å². The van der Waals surface area contributed by atoms with Crippen molar-refractivity contribution in [1.29, 1.82) is 0 Å². The lowest BCUT2D eigenvalue weighted by Gasteiger charge is -2.50. The highest BCUT2D eigenvalue weighted by molar-refractivity contribution is 6.06. The molecule has 6 aliphatic heterocycles. The van der Waals surface area contributed by atoms with Crippen molar-refractivity contribution in [3.05, 3.63) is 112 Å². The number of carbonyl (C=O) groups excluding carboxylic acids is 3. The minimum atomic E-state index is -0.639. The van der Waals surface area contributed by atoms with Crippen molar-refractivity contribution in [2.75, 3.05) is 57.4 Å². The number of hydrogen-bond donors (Lipinski definition) is 2. The lowest BCUT2D eigenvalue weighted by molar-refractivity contribution is -0.136. The van der Waals surface area contributed by atoms with Gasteiger partial charge in [0, 0.05) is 62.5 Å². The Bertz CT molecular complexity index is 2270. The van der Waals surface area contributed by atoms with Crippen LogP contribution >= 0.6 is 0 Å². The fraction of sp³-hybridized carbons (Fsp3) is 0.479. The van der Waals surface area contributed by atoms with E-state index in [1.54, 1.807) is 4.90 Å². The Morgan fingerprint density at radius 3 is 2.64 bits per heavy atom. The molecule has 2 aliphatic carbocycles. The minimum absolute atomic E-state index is 0.0730. The highest BCUT2D eigenvalue weighted by Crippen LogP contribution is 2.52. The minimum Gasteiger partial charge on any atom is -0.508 e. The summed E-state index contributed by atoms with van der Waals surface area (Å²) in [6.07, 6.45) is 11.1. The summed E-state index contributed by atoms with van der Waals surface area (Å²) in [6.45, 7) is 9.70. The van der Waals surface area contributed by atoms with E-state index in [4.69, 9.17) is 9.47 Å². The largest absolute Gasteiger partial charge is 0.508 e. The first kappa shape index (κ1) is 36.9. The van der Waals surface area contributed by atoms with E-state index >= 15 is 0 Å². The molecule has 4 fully saturated rings. The number of piperazine rings is 1. The quantitative estimate of drug-likeness (QED) is 0.319. The molecular weight excluding hydrogens is 743 g/mol. The Labute approximate surface area is 345 Å². The number of carbonyl (C=O) groups is 3. The average molecular weight is 796 g/mol. The first-order valence-corrected chi connectivity index (χ1v) is 21.8. The van der Waals surface area contributed by atoms with Gasteiger partial charge in [-0.2, -0.15) is 0 Å². The maximum Gasteiger partial charge on any atom is 0.255 e. The number of fused-ring (bicyclic) bond motifs is 6. The number of phenolic OH excluding ortho intramolecular Hbond substituents is 1. The predicted molar refractivity (Wildman–Crippen MR) is 222 cm³/mol. The molecule has 1 spiro atoms. The number of aryl methyl sites for hydroxylation is 1. The lowest BCUT2D eigenvalue weighted by Crippen LogP contribution is -2.61. The Hall–Kier alpha value is -5.13. The van der Waals surface area contributed by atoms with Crippen LogP contribution in [0.4, 0.5) is 5.69 Å². The third kappa shape index (κ3) is 6.34. The molecule has 2 N–H and O–H groups in total. The van der Waals surface area contributed by atoms with Crippen molar-refractivity contribution in [2.24, 2.45) is 17.8 Å². The van der Waals surface area contributed by atoms with E-state index in [-0.39, 0.29) is 29.9 Å². The maximum absolute atomic E-state index is 13.4. The summed E-state index contributed by atoms with van der Waals surface area (Å²) in [5, 5.41) is 12.7. The maximum atomic E-state index is 13.4. The first-order valence-electron chi connectivity index (χ1n) is 21.8. The van der Waals surface area contributed by atoms with Crippen molar-refractivity contribution in [3.63, 3.8) is 0 Å². The number of rotatable bonds is 6. The van der Waals surface area contributed by atoms with Gasteiger partial charge in [-0.05, 0) is 102 Å². The molecule has 8 aliphatic rings. The predicted octanol–water partition coefficient (Wildman–Crippen LogP) is 5.35. The van der Waals surface area contributed by atoms with E-state index in [2.05, 4.69) is 81.6 Å². The topological polar surface area (TPSA) is 115 Å². The van der Waals surface area contributed by atoms with Crippen molar-refractivity contribution < 1.29 is 29.0 Å². The van der Waals surface area contributed by atoms with Crippen LogP contribution in [0.5, 0.6) is 11.5 Å². The summed E-state index contributed by atoms with van der Waals surface area (Å²) in [4.78, 5) is 46.9. The molecule has 6 heterocycles. The van der Waals surface area contributed by atoms with Crippen LogP contribution in [0.25, 0.3) is 0 Å². The van der Waals surface area contributed by atoms with Gasteiger partial charge >= 0.3 is 0 Å². The van der Waals surface area contributed by atoms with Crippen LogP contribution < -0.4 is 15.0 Å². The monoisotopic (exact) mass is 795 g/mol. The molecule has 59 heavy (non-hydrogen) atoms. The van der Waals surface area contributed by atoms with Crippen LogP contribution in [0.3, 0.4) is 0 Å². The number of aromatic hydroxyl groups is 1. The van der Waals surface area contributed by atoms with Gasteiger partial charge in [0.15, 0.2) is 0 Å². The van der Waals surface area contributed by atoms with Crippen LogP contribution in [0.2, 0.25) is 0 Å². The van der Waals surface area contributed by atoms with E-state index in [1.807, 2.05) is 24.3 Å². The van der Waals surface area contributed by atoms with Gasteiger partial charge in [0.2, 0.25) is 11.8 Å². The van der Waals surface area contributed by atoms with E-state index in [9.17, 15) is 19.5 Å². The Morgan fingerprint density at radius 1 is 0.949 bits per heavy atom. The summed E-state index contributed by atoms with van der Waals surface area (Å²) in [5.74, 6) is 2.31. The van der Waals surface area contributed by atoms with Crippen LogP contribution in [0.1, 0.15) is 77.1 Å². The fourth-order valence-electron chi connectivity index (χ4n) is 12.1. The summed E-state index contributed by atoms with van der Waals surface area (Å²) in [5.41, 5.74) is 7.80. The fourth-order valence-corrected chi connectivity index (χ4v) is 12.1. The molecule has 11 nitrogen and oxygen atoms in total. The molecule has 7 atom stereocenters. The van der Waals surface area contributed by atoms with E-state index in [0.717, 1.165) is 82.1 Å². The van der Waals surface area contributed by atoms with E-state index < -0.39 is 11.9 Å². The number of piperidine rings is 1. The number of anilines is 1. The summed E-state index contributed by atoms with van der Waals surface area (Å²) in [7, 11) is 0. The number of allylic oxidation sites excluding steroid dienone is 3. The second-order valence-corrected chi connectivity index (χ2v) is 18.5. The number of likely N-dealkylation sites (tertiary alicyclic amines) is 1. The summed E-state index contributed by atoms with van der Waals surface area (Å²) >= 11 is 0. The second-order valence-electron chi connectivity index (χ2n) is 18.5. The average Bonchev–Trinajstić information content (AvgIpc) is 3.81. The van der Waals surface area contributed by atoms with Gasteiger partial charge in [0.25, 0.3) is 5.91 Å². The molecule has 0 bridgehead atoms. The number of nitrogens with zero attached hydrogens (tertiary/aromatic N) is 4. The van der Waals surface area contributed by atoms with E-state index in [1.165, 1.54) is 22.4 Å². The van der Waals surface area contributed by atoms with Gasteiger partial charge in [-0.3, -0.25) is 24.6 Å². The zero-order valence-electron chi connectivity index (χ0n) is 33.7. The number of nitrogens with one attached hydrogen (secondary N) is 1. The molecular formula is C48H53N5O6. The number of amides is 3. The summed E-state index contributed by atoms with van der Waals surface area (Å²) < 4.78 is 13.1. The standard InChI is InChI=1S/C48H53N5O6/c1-29-19-33(8-11-36(29)44-37(31-5-3-2-4-6-31)10-7-32-20-35(54)9-12-38(32)44)51-27-48(28-51)21-30(25-59-48)22-50-17-18-52-34(23-50)26-58-45-40-24-53(42-15-16-43(55)49-46(42)56)47(57)39(40)13-14-41(45)52/h2-6,8-9,11-14,19-20,29-30,34,36-37,42,44,54H,7,10,15-18,21-28H2,1H3,(H,49,55,56)/t29?,30-,34-,36?,37-,42+,44+/m1/s1. The van der Waals surface area contributed by atoms with Gasteiger partial charge in [-0.1, -0.05) is 55.5 Å². The number of benzene rings is 3. The SMILES string of the molecule is CC1C=C(N2CC3(C[C@H](CN4CCN5c6ccc7c(c6OC[C@H]5C4)CN([C@H]4CCC(=O)NC4=O)C7=O)CO3)C2)C=CC1[C@@H]1c2ccc(O)cc2CC[C@@H]1c1ccccc1. The molecule has 11 rings (SSSR count). The molecule has 0 radical (unpaired) electrons. The number of ether oxygens (including phenoxy) is 2. The number of imide groups is 1. The molecule has 3 aromatic rings. The van der Waals surface area contributed by atoms with Crippen LogP contribution in [0, 0.1) is 17.8 Å². The van der Waals surface area contributed by atoms with Crippen LogP contribution in [0.15, 0.2) is 84.6 Å². The van der Waals surface area contributed by atoms with Crippen LogP contribution in [-0.4, -0.2) is 108 Å². The molecule has 306 valence electrons. The van der Waals surface area contributed by atoms with Gasteiger partial charge in [0.05, 0.1) is 24.9 Å². The normalized spacial score (nSPS) is 30.9. The van der Waals surface area contributed by atoms with Gasteiger partial charge in [-0.15, -0.1) is 0 Å². The summed E-state index contributed by atoms with van der Waals surface area (Å²) in [6, 6.07) is 20.5.